The summed E-state index contributed by atoms with van der Waals surface area (Å²) in [4.78, 5) is 13.5. The van der Waals surface area contributed by atoms with Gasteiger partial charge in [-0.15, -0.1) is 11.8 Å². The number of unbranched alkanes of at least 4 members (excludes halogenated alkanes) is 8. The average Bonchev–Trinajstić information content (AvgIpc) is 2.75. The second-order valence-electron chi connectivity index (χ2n) is 7.46. The number of rotatable bonds is 14. The molecule has 0 radical (unpaired) electrons. The van der Waals surface area contributed by atoms with Crippen molar-refractivity contribution in [1.29, 1.82) is 0 Å². The van der Waals surface area contributed by atoms with Crippen molar-refractivity contribution in [2.24, 2.45) is 0 Å². The van der Waals surface area contributed by atoms with Crippen molar-refractivity contribution in [3.8, 4) is 5.75 Å². The highest BCUT2D eigenvalue weighted by Gasteiger charge is 2.03. The minimum atomic E-state index is -0.0521. The molecular weight excluding hydrogens is 376 g/mol. The van der Waals surface area contributed by atoms with Crippen LogP contribution in [0.5, 0.6) is 5.75 Å². The Bertz CT molecular complexity index is 750. The molecule has 0 fully saturated rings. The number of phenolic OH excluding ortho intramolecular Hbond substituents is 1. The van der Waals surface area contributed by atoms with Gasteiger partial charge in [0.25, 0.3) is 0 Å². The molecule has 2 aromatic carbocycles. The van der Waals surface area contributed by atoms with Gasteiger partial charge < -0.3 is 5.11 Å². The summed E-state index contributed by atoms with van der Waals surface area (Å²) < 4.78 is 0. The smallest absolute Gasteiger partial charge is 0.185 e. The van der Waals surface area contributed by atoms with E-state index in [4.69, 9.17) is 0 Å². The minimum Gasteiger partial charge on any atom is -0.507 e. The number of ketones is 1. The highest BCUT2D eigenvalue weighted by atomic mass is 32.2. The van der Waals surface area contributed by atoms with E-state index < -0.39 is 0 Å². The third-order valence-corrected chi connectivity index (χ3v) is 6.10. The van der Waals surface area contributed by atoms with Crippen LogP contribution in [-0.2, 0) is 0 Å². The summed E-state index contributed by atoms with van der Waals surface area (Å²) in [5.41, 5.74) is 1.32. The molecular formula is C26H34O2S. The van der Waals surface area contributed by atoms with Crippen molar-refractivity contribution in [2.45, 2.75) is 69.6 Å². The van der Waals surface area contributed by atoms with Crippen molar-refractivity contribution < 1.29 is 9.90 Å². The predicted octanol–water partition coefficient (Wildman–Crippen LogP) is 7.91. The molecule has 0 saturated heterocycles. The molecule has 0 unspecified atom stereocenters. The van der Waals surface area contributed by atoms with Gasteiger partial charge in [-0.3, -0.25) is 4.79 Å². The number of aromatic hydroxyl groups is 1. The zero-order valence-electron chi connectivity index (χ0n) is 17.6. The Balaban J connectivity index is 1.64. The van der Waals surface area contributed by atoms with E-state index in [2.05, 4.69) is 6.92 Å². The molecule has 0 heterocycles. The van der Waals surface area contributed by atoms with Crippen LogP contribution in [0.1, 0.15) is 80.6 Å². The molecule has 2 rings (SSSR count). The summed E-state index contributed by atoms with van der Waals surface area (Å²) in [7, 11) is 0. The molecule has 3 heteroatoms. The molecule has 2 aromatic rings. The monoisotopic (exact) mass is 410 g/mol. The lowest BCUT2D eigenvalue weighted by atomic mass is 10.1. The Labute approximate surface area is 180 Å². The zero-order valence-corrected chi connectivity index (χ0v) is 18.4. The van der Waals surface area contributed by atoms with E-state index in [1.165, 1.54) is 68.8 Å². The standard InChI is InChI=1S/C26H34O2S/c1-2-3-4-5-6-7-8-9-12-21-29-24-18-15-23(16-19-24)26(28)20-17-22-13-10-11-14-25(22)27/h10-11,13-20,27H,2-9,12,21H2,1H3. The molecule has 0 spiro atoms. The van der Waals surface area contributed by atoms with Crippen molar-refractivity contribution in [3.05, 3.63) is 65.7 Å². The average molecular weight is 411 g/mol. The van der Waals surface area contributed by atoms with Crippen molar-refractivity contribution in [3.63, 3.8) is 0 Å². The maximum atomic E-state index is 12.3. The van der Waals surface area contributed by atoms with Crippen LogP contribution in [0.25, 0.3) is 6.08 Å². The lowest BCUT2D eigenvalue weighted by Gasteiger charge is -2.04. The summed E-state index contributed by atoms with van der Waals surface area (Å²) >= 11 is 1.87. The fourth-order valence-corrected chi connectivity index (χ4v) is 4.12. The highest BCUT2D eigenvalue weighted by molar-refractivity contribution is 7.99. The predicted molar refractivity (Wildman–Crippen MR) is 126 cm³/mol. The van der Waals surface area contributed by atoms with Crippen LogP contribution in [0, 0.1) is 0 Å². The van der Waals surface area contributed by atoms with E-state index in [0.717, 1.165) is 5.75 Å². The van der Waals surface area contributed by atoms with Crippen LogP contribution in [0.15, 0.2) is 59.5 Å². The van der Waals surface area contributed by atoms with Gasteiger partial charge in [0.2, 0.25) is 0 Å². The number of carbonyl (C=O) groups excluding carboxylic acids is 1. The molecule has 156 valence electrons. The first kappa shape index (κ1) is 23.3. The largest absolute Gasteiger partial charge is 0.507 e. The van der Waals surface area contributed by atoms with Gasteiger partial charge in [-0.1, -0.05) is 76.5 Å². The van der Waals surface area contributed by atoms with E-state index in [9.17, 15) is 9.90 Å². The molecule has 29 heavy (non-hydrogen) atoms. The Morgan fingerprint density at radius 1 is 0.862 bits per heavy atom. The number of hydrogen-bond donors (Lipinski definition) is 1. The summed E-state index contributed by atoms with van der Waals surface area (Å²) in [5.74, 6) is 1.26. The molecule has 0 aliphatic carbocycles. The molecule has 0 amide bonds. The number of carbonyl (C=O) groups is 1. The summed E-state index contributed by atoms with van der Waals surface area (Å²) in [5, 5.41) is 9.76. The highest BCUT2D eigenvalue weighted by Crippen LogP contribution is 2.22. The number of allylic oxidation sites excluding steroid dienone is 1. The van der Waals surface area contributed by atoms with Crippen molar-refractivity contribution in [1.82, 2.24) is 0 Å². The van der Waals surface area contributed by atoms with E-state index in [-0.39, 0.29) is 11.5 Å². The van der Waals surface area contributed by atoms with Crippen LogP contribution in [-0.4, -0.2) is 16.6 Å². The Hall–Kier alpha value is -2.00. The fraction of sp³-hybridized carbons (Fsp3) is 0.423. The number of para-hydroxylation sites is 1. The Morgan fingerprint density at radius 2 is 1.48 bits per heavy atom. The molecule has 0 saturated carbocycles. The van der Waals surface area contributed by atoms with Crippen LogP contribution in [0.2, 0.25) is 0 Å². The lowest BCUT2D eigenvalue weighted by Crippen LogP contribution is -1.93. The van der Waals surface area contributed by atoms with Crippen LogP contribution in [0.4, 0.5) is 0 Å². The van der Waals surface area contributed by atoms with E-state index in [0.29, 0.717) is 11.1 Å². The normalized spacial score (nSPS) is 11.2. The lowest BCUT2D eigenvalue weighted by molar-refractivity contribution is 0.104. The number of thioether (sulfide) groups is 1. The van der Waals surface area contributed by atoms with E-state index in [1.54, 1.807) is 24.3 Å². The van der Waals surface area contributed by atoms with Gasteiger partial charge in [-0.25, -0.2) is 0 Å². The zero-order chi connectivity index (χ0) is 20.7. The summed E-state index contributed by atoms with van der Waals surface area (Å²) in [6.07, 6.45) is 15.4. The van der Waals surface area contributed by atoms with E-state index >= 15 is 0 Å². The maximum absolute atomic E-state index is 12.3. The van der Waals surface area contributed by atoms with Crippen molar-refractivity contribution >= 4 is 23.6 Å². The van der Waals surface area contributed by atoms with Gasteiger partial charge in [0.15, 0.2) is 5.78 Å². The van der Waals surface area contributed by atoms with Gasteiger partial charge in [-0.05, 0) is 54.7 Å². The first-order valence-corrected chi connectivity index (χ1v) is 11.9. The number of hydrogen-bond acceptors (Lipinski definition) is 3. The van der Waals surface area contributed by atoms with Crippen molar-refractivity contribution in [2.75, 3.05) is 5.75 Å². The Morgan fingerprint density at radius 3 is 2.14 bits per heavy atom. The number of phenols is 1. The quantitative estimate of drug-likeness (QED) is 0.149. The molecule has 2 nitrogen and oxygen atoms in total. The molecule has 0 aliphatic rings. The minimum absolute atomic E-state index is 0.0521. The second-order valence-corrected chi connectivity index (χ2v) is 8.63. The van der Waals surface area contributed by atoms with Gasteiger partial charge in [0, 0.05) is 16.0 Å². The van der Waals surface area contributed by atoms with E-state index in [1.807, 2.05) is 42.1 Å². The first-order chi connectivity index (χ1) is 14.2. The topological polar surface area (TPSA) is 37.3 Å². The third kappa shape index (κ3) is 9.36. The van der Waals surface area contributed by atoms with Gasteiger partial charge >= 0.3 is 0 Å². The van der Waals surface area contributed by atoms with Gasteiger partial charge in [0.1, 0.15) is 5.75 Å². The summed E-state index contributed by atoms with van der Waals surface area (Å²) in [6.45, 7) is 2.26. The Kier molecular flexibility index (Phi) is 11.3. The van der Waals surface area contributed by atoms with Crippen LogP contribution < -0.4 is 0 Å². The SMILES string of the molecule is CCCCCCCCCCCSc1ccc(C(=O)C=Cc2ccccc2O)cc1. The number of benzene rings is 2. The van der Waals surface area contributed by atoms with Crippen LogP contribution >= 0.6 is 11.8 Å². The molecule has 0 aliphatic heterocycles. The maximum Gasteiger partial charge on any atom is 0.185 e. The first-order valence-electron chi connectivity index (χ1n) is 10.9. The third-order valence-electron chi connectivity index (χ3n) is 5.01. The van der Waals surface area contributed by atoms with Gasteiger partial charge in [0.05, 0.1) is 0 Å². The molecule has 0 bridgehead atoms. The van der Waals surface area contributed by atoms with Gasteiger partial charge in [-0.2, -0.15) is 0 Å². The van der Waals surface area contributed by atoms with Crippen LogP contribution in [0.3, 0.4) is 0 Å². The fourth-order valence-electron chi connectivity index (χ4n) is 3.21. The summed E-state index contributed by atoms with van der Waals surface area (Å²) in [6, 6.07) is 14.8. The second kappa shape index (κ2) is 14.1. The molecule has 1 N–H and O–H groups in total. The molecule has 0 atom stereocenters. The molecule has 0 aromatic heterocycles.